The lowest BCUT2D eigenvalue weighted by Gasteiger charge is -2.24. The molecule has 4 nitrogen and oxygen atoms in total. The van der Waals surface area contributed by atoms with Gasteiger partial charge in [-0.3, -0.25) is 9.59 Å². The molecule has 20 heavy (non-hydrogen) atoms. The Morgan fingerprint density at radius 2 is 1.65 bits per heavy atom. The number of carbonyl (C=O) groups is 2. The molecule has 106 valence electrons. The molecule has 1 aromatic carbocycles. The van der Waals surface area contributed by atoms with Crippen molar-refractivity contribution in [3.8, 4) is 0 Å². The van der Waals surface area contributed by atoms with E-state index in [4.69, 9.17) is 9.47 Å². The number of methoxy groups -OCH3 is 2. The third-order valence-electron chi connectivity index (χ3n) is 3.14. The van der Waals surface area contributed by atoms with Gasteiger partial charge in [-0.2, -0.15) is 0 Å². The van der Waals surface area contributed by atoms with E-state index in [9.17, 15) is 9.59 Å². The molecule has 0 aliphatic rings. The first-order valence-electron chi connectivity index (χ1n) is 6.10. The van der Waals surface area contributed by atoms with Gasteiger partial charge in [-0.1, -0.05) is 36.9 Å². The molecule has 0 bridgehead atoms. The smallest absolute Gasteiger partial charge is 0.323 e. The van der Waals surface area contributed by atoms with E-state index in [1.807, 2.05) is 30.3 Å². The molecule has 0 aliphatic heterocycles. The Bertz CT molecular complexity index is 523. The zero-order valence-corrected chi connectivity index (χ0v) is 11.9. The second kappa shape index (κ2) is 6.73. The molecule has 0 radical (unpaired) electrons. The highest BCUT2D eigenvalue weighted by molar-refractivity contribution is 6.01. The van der Waals surface area contributed by atoms with Crippen LogP contribution in [0.1, 0.15) is 18.9 Å². The lowest BCUT2D eigenvalue weighted by Crippen LogP contribution is -2.38. The summed E-state index contributed by atoms with van der Waals surface area (Å²) in [7, 11) is 2.48. The number of rotatable bonds is 5. The zero-order chi connectivity index (χ0) is 15.2. The van der Waals surface area contributed by atoms with Crippen molar-refractivity contribution in [1.29, 1.82) is 0 Å². The van der Waals surface area contributed by atoms with Crippen molar-refractivity contribution in [1.82, 2.24) is 0 Å². The standard InChI is InChI=1S/C16H18O4/c1-5-12(13-9-7-6-8-10-13)11-16(2,14(17)19-3)15(18)20-4/h6-10H,1,11H2,2-4H3. The van der Waals surface area contributed by atoms with Crippen LogP contribution in [0.3, 0.4) is 0 Å². The van der Waals surface area contributed by atoms with Gasteiger partial charge in [-0.15, -0.1) is 5.73 Å². The first kappa shape index (κ1) is 15.7. The Kier molecular flexibility index (Phi) is 5.30. The quantitative estimate of drug-likeness (QED) is 0.470. The van der Waals surface area contributed by atoms with E-state index in [2.05, 4.69) is 12.3 Å². The molecule has 0 N–H and O–H groups in total. The molecule has 0 saturated carbocycles. The topological polar surface area (TPSA) is 52.6 Å². The fourth-order valence-electron chi connectivity index (χ4n) is 1.94. The summed E-state index contributed by atoms with van der Waals surface area (Å²) in [6.45, 7) is 5.12. The van der Waals surface area contributed by atoms with Gasteiger partial charge < -0.3 is 9.47 Å². The van der Waals surface area contributed by atoms with Crippen LogP contribution in [-0.2, 0) is 19.1 Å². The van der Waals surface area contributed by atoms with Crippen LogP contribution in [-0.4, -0.2) is 26.2 Å². The second-order valence-electron chi connectivity index (χ2n) is 4.51. The summed E-state index contributed by atoms with van der Waals surface area (Å²) in [6.07, 6.45) is 0.111. The molecular formula is C16H18O4. The van der Waals surface area contributed by atoms with Crippen LogP contribution < -0.4 is 0 Å². The molecule has 0 unspecified atom stereocenters. The third kappa shape index (κ3) is 3.16. The summed E-state index contributed by atoms with van der Waals surface area (Å²) in [5.41, 5.74) is 2.87. The maximum atomic E-state index is 11.9. The number of allylic oxidation sites excluding steroid dienone is 1. The molecule has 0 saturated heterocycles. The van der Waals surface area contributed by atoms with Crippen molar-refractivity contribution in [2.45, 2.75) is 13.3 Å². The predicted molar refractivity (Wildman–Crippen MR) is 75.7 cm³/mol. The zero-order valence-electron chi connectivity index (χ0n) is 11.9. The summed E-state index contributed by atoms with van der Waals surface area (Å²) in [5, 5.41) is 0. The van der Waals surface area contributed by atoms with Gasteiger partial charge >= 0.3 is 11.9 Å². The number of carbonyl (C=O) groups excluding carboxylic acids is 2. The highest BCUT2D eigenvalue weighted by Gasteiger charge is 2.44. The summed E-state index contributed by atoms with van der Waals surface area (Å²) in [4.78, 5) is 23.9. The first-order valence-corrected chi connectivity index (χ1v) is 6.10. The highest BCUT2D eigenvalue weighted by atomic mass is 16.5. The number of hydrogen-bond donors (Lipinski definition) is 0. The van der Waals surface area contributed by atoms with Gasteiger partial charge in [-0.05, 0) is 12.5 Å². The molecule has 1 aromatic rings. The lowest BCUT2D eigenvalue weighted by molar-refractivity contribution is -0.167. The average molecular weight is 274 g/mol. The molecule has 0 aromatic heterocycles. The largest absolute Gasteiger partial charge is 0.468 e. The van der Waals surface area contributed by atoms with E-state index in [-0.39, 0.29) is 6.42 Å². The predicted octanol–water partition coefficient (Wildman–Crippen LogP) is 2.60. The minimum Gasteiger partial charge on any atom is -0.468 e. The van der Waals surface area contributed by atoms with Crippen molar-refractivity contribution < 1.29 is 19.1 Å². The fourth-order valence-corrected chi connectivity index (χ4v) is 1.94. The molecule has 0 atom stereocenters. The molecule has 0 heterocycles. The monoisotopic (exact) mass is 274 g/mol. The Labute approximate surface area is 118 Å². The normalized spacial score (nSPS) is 10.3. The maximum absolute atomic E-state index is 11.9. The van der Waals surface area contributed by atoms with Gasteiger partial charge in [0.2, 0.25) is 0 Å². The van der Waals surface area contributed by atoms with Crippen LogP contribution >= 0.6 is 0 Å². The van der Waals surface area contributed by atoms with Gasteiger partial charge in [0.1, 0.15) is 0 Å². The van der Waals surface area contributed by atoms with Crippen LogP contribution in [0.15, 0.2) is 42.6 Å². The summed E-state index contributed by atoms with van der Waals surface area (Å²) in [6, 6.07) is 9.33. The molecule has 0 amide bonds. The third-order valence-corrected chi connectivity index (χ3v) is 3.14. The molecule has 0 spiro atoms. The Balaban J connectivity index is 3.16. The van der Waals surface area contributed by atoms with Gasteiger partial charge in [0.15, 0.2) is 5.41 Å². The molecular weight excluding hydrogens is 256 g/mol. The van der Waals surface area contributed by atoms with Crippen molar-refractivity contribution in [3.63, 3.8) is 0 Å². The molecule has 1 rings (SSSR count). The number of esters is 2. The van der Waals surface area contributed by atoms with Crippen LogP contribution in [0.5, 0.6) is 0 Å². The van der Waals surface area contributed by atoms with Crippen molar-refractivity contribution >= 4 is 17.5 Å². The average Bonchev–Trinajstić information content (AvgIpc) is 2.51. The maximum Gasteiger partial charge on any atom is 0.323 e. The van der Waals surface area contributed by atoms with E-state index in [0.717, 1.165) is 5.56 Å². The number of hydrogen-bond acceptors (Lipinski definition) is 4. The lowest BCUT2D eigenvalue weighted by atomic mass is 9.81. The first-order chi connectivity index (χ1) is 9.49. The summed E-state index contributed by atoms with van der Waals surface area (Å²) in [5.74, 6) is -1.29. The molecule has 4 heteroatoms. The van der Waals surface area contributed by atoms with Crippen molar-refractivity contribution in [3.05, 3.63) is 48.2 Å². The Morgan fingerprint density at radius 3 is 2.05 bits per heavy atom. The van der Waals surface area contributed by atoms with Gasteiger partial charge in [0.05, 0.1) is 14.2 Å². The van der Waals surface area contributed by atoms with Gasteiger partial charge in [-0.25, -0.2) is 0 Å². The highest BCUT2D eigenvalue weighted by Crippen LogP contribution is 2.33. The van der Waals surface area contributed by atoms with E-state index in [1.165, 1.54) is 21.1 Å². The van der Waals surface area contributed by atoms with E-state index in [1.54, 1.807) is 0 Å². The van der Waals surface area contributed by atoms with Crippen LogP contribution in [0.25, 0.3) is 5.57 Å². The van der Waals surface area contributed by atoms with E-state index in [0.29, 0.717) is 5.57 Å². The molecule has 0 aliphatic carbocycles. The van der Waals surface area contributed by atoms with Crippen LogP contribution in [0.4, 0.5) is 0 Å². The van der Waals surface area contributed by atoms with Crippen molar-refractivity contribution in [2.24, 2.45) is 5.41 Å². The SMILES string of the molecule is C=C=C(CC(C)(C(=O)OC)C(=O)OC)c1ccccc1. The van der Waals surface area contributed by atoms with E-state index >= 15 is 0 Å². The van der Waals surface area contributed by atoms with Gasteiger partial charge in [0.25, 0.3) is 0 Å². The van der Waals surface area contributed by atoms with E-state index < -0.39 is 17.4 Å². The number of benzene rings is 1. The van der Waals surface area contributed by atoms with Gasteiger partial charge in [0, 0.05) is 12.0 Å². The van der Waals surface area contributed by atoms with Crippen LogP contribution in [0, 0.1) is 5.41 Å². The minimum absolute atomic E-state index is 0.111. The second-order valence-corrected chi connectivity index (χ2v) is 4.51. The Hall–Kier alpha value is -2.32. The summed E-state index contributed by atoms with van der Waals surface area (Å²) < 4.78 is 9.44. The Morgan fingerprint density at radius 1 is 1.15 bits per heavy atom. The summed E-state index contributed by atoms with van der Waals surface area (Å²) >= 11 is 0. The molecule has 0 fully saturated rings. The number of ether oxygens (including phenoxy) is 2. The van der Waals surface area contributed by atoms with Crippen molar-refractivity contribution in [2.75, 3.05) is 14.2 Å². The minimum atomic E-state index is -1.42. The van der Waals surface area contributed by atoms with Crippen LogP contribution in [0.2, 0.25) is 0 Å². The fraction of sp³-hybridized carbons (Fsp3) is 0.312.